The summed E-state index contributed by atoms with van der Waals surface area (Å²) in [6.07, 6.45) is 1.98. The summed E-state index contributed by atoms with van der Waals surface area (Å²) in [5.74, 6) is -0.0382. The van der Waals surface area contributed by atoms with Crippen LogP contribution in [0.4, 0.5) is 0 Å². The second-order valence-electron chi connectivity index (χ2n) is 8.34. The maximum Gasteiger partial charge on any atom is 0.336 e. The number of benzene rings is 1. The maximum atomic E-state index is 13.2. The number of carbonyl (C=O) groups is 2. The molecule has 0 bridgehead atoms. The number of hydrogen-bond acceptors (Lipinski definition) is 5. The quantitative estimate of drug-likeness (QED) is 0.770. The molecule has 0 spiro atoms. The van der Waals surface area contributed by atoms with E-state index in [0.717, 1.165) is 29.8 Å². The Bertz CT molecular complexity index is 863. The molecule has 0 fully saturated rings. The molecule has 1 atom stereocenters. The molecule has 5 heteroatoms. The number of hydrogen-bond donors (Lipinski definition) is 1. The lowest BCUT2D eigenvalue weighted by molar-refractivity contribution is -0.139. The summed E-state index contributed by atoms with van der Waals surface area (Å²) < 4.78 is 10.8. The Morgan fingerprint density at radius 2 is 2.04 bits per heavy atom. The van der Waals surface area contributed by atoms with Gasteiger partial charge in [-0.25, -0.2) is 4.79 Å². The van der Waals surface area contributed by atoms with Gasteiger partial charge >= 0.3 is 5.97 Å². The average molecular weight is 383 g/mol. The molecule has 0 saturated heterocycles. The standard InChI is InChI=1S/C23H29NO4/c1-6-10-28-22(26)19-14(2)24-17-12-23(3,4)13-18(25)21(17)20(19)15-8-7-9-16(11-15)27-5/h7-9,11,20,24H,6,10,12-13H2,1-5H3/t20-/m1/s1. The zero-order valence-electron chi connectivity index (χ0n) is 17.3. The van der Waals surface area contributed by atoms with Gasteiger partial charge in [-0.3, -0.25) is 4.79 Å². The molecule has 0 aromatic heterocycles. The lowest BCUT2D eigenvalue weighted by atomic mass is 9.68. The van der Waals surface area contributed by atoms with E-state index in [9.17, 15) is 9.59 Å². The van der Waals surface area contributed by atoms with E-state index in [0.29, 0.717) is 29.9 Å². The average Bonchev–Trinajstić information content (AvgIpc) is 2.64. The lowest BCUT2D eigenvalue weighted by Crippen LogP contribution is -2.38. The van der Waals surface area contributed by atoms with Crippen molar-refractivity contribution in [3.8, 4) is 5.75 Å². The van der Waals surface area contributed by atoms with E-state index in [1.165, 1.54) is 0 Å². The van der Waals surface area contributed by atoms with Gasteiger partial charge in [-0.1, -0.05) is 32.9 Å². The molecule has 1 heterocycles. The second-order valence-corrected chi connectivity index (χ2v) is 8.34. The van der Waals surface area contributed by atoms with Crippen LogP contribution < -0.4 is 10.1 Å². The highest BCUT2D eigenvalue weighted by Crippen LogP contribution is 2.47. The minimum absolute atomic E-state index is 0.0832. The van der Waals surface area contributed by atoms with Gasteiger partial charge < -0.3 is 14.8 Å². The smallest absolute Gasteiger partial charge is 0.336 e. The van der Waals surface area contributed by atoms with Crippen LogP contribution >= 0.6 is 0 Å². The number of methoxy groups -OCH3 is 1. The molecule has 5 nitrogen and oxygen atoms in total. The zero-order valence-corrected chi connectivity index (χ0v) is 17.3. The van der Waals surface area contributed by atoms with Crippen molar-refractivity contribution in [3.63, 3.8) is 0 Å². The highest BCUT2D eigenvalue weighted by atomic mass is 16.5. The van der Waals surface area contributed by atoms with E-state index in [4.69, 9.17) is 9.47 Å². The van der Waals surface area contributed by atoms with Crippen molar-refractivity contribution in [1.82, 2.24) is 5.32 Å². The van der Waals surface area contributed by atoms with Gasteiger partial charge in [0.05, 0.1) is 19.3 Å². The fraction of sp³-hybridized carbons (Fsp3) is 0.478. The summed E-state index contributed by atoms with van der Waals surface area (Å²) in [5, 5.41) is 3.35. The molecule has 0 unspecified atom stereocenters. The first-order valence-corrected chi connectivity index (χ1v) is 9.82. The van der Waals surface area contributed by atoms with Gasteiger partial charge in [0.15, 0.2) is 5.78 Å². The van der Waals surface area contributed by atoms with E-state index in [2.05, 4.69) is 19.2 Å². The van der Waals surface area contributed by atoms with Crippen LogP contribution in [0.25, 0.3) is 0 Å². The molecule has 1 aromatic carbocycles. The van der Waals surface area contributed by atoms with Crippen molar-refractivity contribution in [2.24, 2.45) is 5.41 Å². The molecule has 1 aliphatic carbocycles. The number of ether oxygens (including phenoxy) is 2. The van der Waals surface area contributed by atoms with Crippen molar-refractivity contribution in [3.05, 3.63) is 52.4 Å². The SMILES string of the molecule is CCCOC(=O)C1=C(C)NC2=C(C(=O)CC(C)(C)C2)[C@@H]1c1cccc(OC)c1. The van der Waals surface area contributed by atoms with Gasteiger partial charge in [-0.2, -0.15) is 0 Å². The minimum Gasteiger partial charge on any atom is -0.497 e. The van der Waals surface area contributed by atoms with Crippen molar-refractivity contribution in [2.75, 3.05) is 13.7 Å². The van der Waals surface area contributed by atoms with Crippen molar-refractivity contribution in [2.45, 2.75) is 52.9 Å². The zero-order chi connectivity index (χ0) is 20.5. The Hall–Kier alpha value is -2.56. The van der Waals surface area contributed by atoms with Gasteiger partial charge in [0, 0.05) is 29.3 Å². The largest absolute Gasteiger partial charge is 0.497 e. The highest BCUT2D eigenvalue weighted by molar-refractivity contribution is 6.04. The molecule has 150 valence electrons. The summed E-state index contributed by atoms with van der Waals surface area (Å²) in [6, 6.07) is 7.58. The first-order valence-electron chi connectivity index (χ1n) is 9.82. The topological polar surface area (TPSA) is 64.6 Å². The van der Waals surface area contributed by atoms with Crippen LogP contribution in [0.1, 0.15) is 58.4 Å². The number of nitrogens with one attached hydrogen (secondary N) is 1. The van der Waals surface area contributed by atoms with Crippen molar-refractivity contribution < 1.29 is 19.1 Å². The molecule has 2 aliphatic rings. The van der Waals surface area contributed by atoms with E-state index < -0.39 is 5.92 Å². The molecular weight excluding hydrogens is 354 g/mol. The summed E-state index contributed by atoms with van der Waals surface area (Å²) in [6.45, 7) is 8.39. The molecule has 0 amide bonds. The first-order chi connectivity index (χ1) is 13.3. The van der Waals surface area contributed by atoms with E-state index in [1.807, 2.05) is 38.1 Å². The molecule has 1 aliphatic heterocycles. The monoisotopic (exact) mass is 383 g/mol. The predicted octanol–water partition coefficient (Wildman–Crippen LogP) is 4.25. The van der Waals surface area contributed by atoms with E-state index in [-0.39, 0.29) is 17.2 Å². The summed E-state index contributed by atoms with van der Waals surface area (Å²) in [7, 11) is 1.61. The van der Waals surface area contributed by atoms with Crippen LogP contribution in [0.3, 0.4) is 0 Å². The van der Waals surface area contributed by atoms with Crippen LogP contribution in [-0.2, 0) is 14.3 Å². The van der Waals surface area contributed by atoms with Gasteiger partial charge in [0.25, 0.3) is 0 Å². The fourth-order valence-corrected chi connectivity index (χ4v) is 4.13. The summed E-state index contributed by atoms with van der Waals surface area (Å²) in [5.41, 5.74) is 3.61. The Balaban J connectivity index is 2.15. The number of carbonyl (C=O) groups excluding carboxylic acids is 2. The third-order valence-corrected chi connectivity index (χ3v) is 5.32. The number of Topliss-reactive ketones (excluding diaryl/α,β-unsaturated/α-hetero) is 1. The molecule has 3 rings (SSSR count). The Morgan fingerprint density at radius 1 is 1.29 bits per heavy atom. The molecule has 0 saturated carbocycles. The third kappa shape index (κ3) is 3.84. The molecule has 1 aromatic rings. The Kier molecular flexibility index (Phi) is 5.64. The lowest BCUT2D eigenvalue weighted by Gasteiger charge is -2.39. The van der Waals surface area contributed by atoms with Crippen LogP contribution in [0.5, 0.6) is 5.75 Å². The highest BCUT2D eigenvalue weighted by Gasteiger charge is 2.43. The van der Waals surface area contributed by atoms with Crippen molar-refractivity contribution in [1.29, 1.82) is 0 Å². The molecule has 1 N–H and O–H groups in total. The minimum atomic E-state index is -0.445. The third-order valence-electron chi connectivity index (χ3n) is 5.32. The van der Waals surface area contributed by atoms with Gasteiger partial charge in [0.1, 0.15) is 5.75 Å². The Morgan fingerprint density at radius 3 is 2.71 bits per heavy atom. The van der Waals surface area contributed by atoms with Crippen molar-refractivity contribution >= 4 is 11.8 Å². The molecule has 0 radical (unpaired) electrons. The molecule has 28 heavy (non-hydrogen) atoms. The second kappa shape index (κ2) is 7.82. The number of dihydropyridines is 1. The van der Waals surface area contributed by atoms with Gasteiger partial charge in [-0.05, 0) is 42.9 Å². The summed E-state index contributed by atoms with van der Waals surface area (Å²) >= 11 is 0. The van der Waals surface area contributed by atoms with E-state index in [1.54, 1.807) is 7.11 Å². The van der Waals surface area contributed by atoms with Crippen LogP contribution in [-0.4, -0.2) is 25.5 Å². The Labute approximate surface area is 166 Å². The maximum absolute atomic E-state index is 13.2. The van der Waals surface area contributed by atoms with Crippen LogP contribution in [0, 0.1) is 5.41 Å². The fourth-order valence-electron chi connectivity index (χ4n) is 4.13. The van der Waals surface area contributed by atoms with Crippen LogP contribution in [0.15, 0.2) is 46.8 Å². The van der Waals surface area contributed by atoms with Crippen LogP contribution in [0.2, 0.25) is 0 Å². The number of ketones is 1. The number of esters is 1. The summed E-state index contributed by atoms with van der Waals surface area (Å²) in [4.78, 5) is 26.1. The van der Waals surface area contributed by atoms with Gasteiger partial charge in [0.2, 0.25) is 0 Å². The molecular formula is C23H29NO4. The van der Waals surface area contributed by atoms with Gasteiger partial charge in [-0.15, -0.1) is 0 Å². The number of allylic oxidation sites excluding steroid dienone is 3. The number of rotatable bonds is 5. The normalized spacial score (nSPS) is 21.2. The first kappa shape index (κ1) is 20.2. The van der Waals surface area contributed by atoms with E-state index >= 15 is 0 Å². The predicted molar refractivity (Wildman–Crippen MR) is 108 cm³/mol.